The van der Waals surface area contributed by atoms with Gasteiger partial charge in [0, 0.05) is 21.9 Å². The number of hydrogen-bond acceptors (Lipinski definition) is 2. The summed E-state index contributed by atoms with van der Waals surface area (Å²) in [5.41, 5.74) is 0.544. The Morgan fingerprint density at radius 1 is 1.10 bits per heavy atom. The van der Waals surface area contributed by atoms with Crippen LogP contribution in [0.5, 0.6) is 0 Å². The van der Waals surface area contributed by atoms with E-state index in [-0.39, 0.29) is 11.6 Å². The van der Waals surface area contributed by atoms with Gasteiger partial charge in [0.05, 0.1) is 5.02 Å². The van der Waals surface area contributed by atoms with Crippen molar-refractivity contribution in [3.8, 4) is 0 Å². The molecule has 0 saturated heterocycles. The van der Waals surface area contributed by atoms with Gasteiger partial charge in [-0.15, -0.1) is 11.8 Å². The topological polar surface area (TPSA) is 17.1 Å². The standard InChI is InChI=1S/C16H13Cl2FOS/c17-12-5-8-14(18)16(10-12)21-9-1-2-15(20)11-3-6-13(19)7-4-11/h3-8,10H,1-2,9H2. The molecule has 0 radical (unpaired) electrons. The number of halogens is 3. The van der Waals surface area contributed by atoms with Crippen LogP contribution in [0.25, 0.3) is 0 Å². The number of benzene rings is 2. The van der Waals surface area contributed by atoms with Gasteiger partial charge < -0.3 is 0 Å². The maximum Gasteiger partial charge on any atom is 0.162 e. The molecule has 0 aromatic heterocycles. The summed E-state index contributed by atoms with van der Waals surface area (Å²) in [6.45, 7) is 0. The minimum Gasteiger partial charge on any atom is -0.294 e. The van der Waals surface area contributed by atoms with Gasteiger partial charge >= 0.3 is 0 Å². The highest BCUT2D eigenvalue weighted by Crippen LogP contribution is 2.30. The number of Topliss-reactive ketones (excluding diaryl/α,β-unsaturated/α-hetero) is 1. The number of carbonyl (C=O) groups is 1. The first-order valence-electron chi connectivity index (χ1n) is 6.43. The number of rotatable bonds is 6. The summed E-state index contributed by atoms with van der Waals surface area (Å²) in [6.07, 6.45) is 1.15. The number of ketones is 1. The quantitative estimate of drug-likeness (QED) is 0.370. The summed E-state index contributed by atoms with van der Waals surface area (Å²) in [5, 5.41) is 1.30. The van der Waals surface area contributed by atoms with Crippen molar-refractivity contribution in [1.82, 2.24) is 0 Å². The van der Waals surface area contributed by atoms with Crippen LogP contribution in [0.1, 0.15) is 23.2 Å². The molecular formula is C16H13Cl2FOS. The van der Waals surface area contributed by atoms with Crippen LogP contribution in [0.3, 0.4) is 0 Å². The third kappa shape index (κ3) is 5.03. The van der Waals surface area contributed by atoms with E-state index in [1.165, 1.54) is 24.3 Å². The van der Waals surface area contributed by atoms with Gasteiger partial charge in [-0.1, -0.05) is 23.2 Å². The molecule has 0 fully saturated rings. The van der Waals surface area contributed by atoms with Gasteiger partial charge in [0.1, 0.15) is 5.82 Å². The molecule has 0 N–H and O–H groups in total. The Morgan fingerprint density at radius 2 is 1.81 bits per heavy atom. The van der Waals surface area contributed by atoms with Gasteiger partial charge in [-0.3, -0.25) is 4.79 Å². The molecule has 0 aliphatic rings. The molecule has 0 saturated carbocycles. The fraction of sp³-hybridized carbons (Fsp3) is 0.188. The smallest absolute Gasteiger partial charge is 0.162 e. The molecule has 0 unspecified atom stereocenters. The molecular weight excluding hydrogens is 330 g/mol. The Morgan fingerprint density at radius 3 is 2.52 bits per heavy atom. The van der Waals surface area contributed by atoms with E-state index in [4.69, 9.17) is 23.2 Å². The lowest BCUT2D eigenvalue weighted by Gasteiger charge is -2.05. The van der Waals surface area contributed by atoms with Crippen molar-refractivity contribution in [1.29, 1.82) is 0 Å². The van der Waals surface area contributed by atoms with Gasteiger partial charge in [0.2, 0.25) is 0 Å². The van der Waals surface area contributed by atoms with Crippen molar-refractivity contribution < 1.29 is 9.18 Å². The first-order valence-corrected chi connectivity index (χ1v) is 8.17. The van der Waals surface area contributed by atoms with Crippen LogP contribution >= 0.6 is 35.0 Å². The molecule has 0 heterocycles. The molecule has 0 spiro atoms. The average molecular weight is 343 g/mol. The second-order valence-electron chi connectivity index (χ2n) is 4.46. The summed E-state index contributed by atoms with van der Waals surface area (Å²) >= 11 is 13.6. The van der Waals surface area contributed by atoms with E-state index in [1.54, 1.807) is 23.9 Å². The molecule has 0 amide bonds. The van der Waals surface area contributed by atoms with Crippen molar-refractivity contribution in [3.63, 3.8) is 0 Å². The predicted octanol–water partition coefficient (Wildman–Crippen LogP) is 5.89. The highest BCUT2D eigenvalue weighted by Gasteiger charge is 2.07. The lowest BCUT2D eigenvalue weighted by Crippen LogP contribution is -1.99. The molecule has 21 heavy (non-hydrogen) atoms. The minimum absolute atomic E-state index is 0.0211. The molecule has 0 aliphatic heterocycles. The van der Waals surface area contributed by atoms with Crippen molar-refractivity contribution in [2.45, 2.75) is 17.7 Å². The fourth-order valence-corrected chi connectivity index (χ4v) is 3.23. The zero-order valence-electron chi connectivity index (χ0n) is 11.1. The van der Waals surface area contributed by atoms with Gasteiger partial charge in [-0.2, -0.15) is 0 Å². The van der Waals surface area contributed by atoms with E-state index < -0.39 is 0 Å². The zero-order valence-corrected chi connectivity index (χ0v) is 13.4. The van der Waals surface area contributed by atoms with Gasteiger partial charge in [-0.25, -0.2) is 4.39 Å². The Hall–Kier alpha value is -1.03. The summed E-state index contributed by atoms with van der Waals surface area (Å²) in [7, 11) is 0. The normalized spacial score (nSPS) is 10.6. The van der Waals surface area contributed by atoms with Crippen molar-refractivity contribution >= 4 is 40.7 Å². The lowest BCUT2D eigenvalue weighted by atomic mass is 10.1. The molecule has 2 aromatic carbocycles. The average Bonchev–Trinajstić information content (AvgIpc) is 2.47. The SMILES string of the molecule is O=C(CCCSc1cc(Cl)ccc1Cl)c1ccc(F)cc1. The molecule has 1 nitrogen and oxygen atoms in total. The molecule has 110 valence electrons. The number of thioether (sulfide) groups is 1. The van der Waals surface area contributed by atoms with Crippen molar-refractivity contribution in [2.24, 2.45) is 0 Å². The molecule has 0 atom stereocenters. The summed E-state index contributed by atoms with van der Waals surface area (Å²) in [4.78, 5) is 12.8. The Balaban J connectivity index is 1.80. The molecule has 2 aromatic rings. The van der Waals surface area contributed by atoms with E-state index in [2.05, 4.69) is 0 Å². The third-order valence-electron chi connectivity index (χ3n) is 2.87. The minimum atomic E-state index is -0.335. The second-order valence-corrected chi connectivity index (χ2v) is 6.44. The summed E-state index contributed by atoms with van der Waals surface area (Å²) in [6, 6.07) is 10.9. The maximum atomic E-state index is 12.8. The van der Waals surface area contributed by atoms with Crippen LogP contribution < -0.4 is 0 Å². The highest BCUT2D eigenvalue weighted by atomic mass is 35.5. The molecule has 0 bridgehead atoms. The van der Waals surface area contributed by atoms with E-state index >= 15 is 0 Å². The molecule has 0 aliphatic carbocycles. The number of carbonyl (C=O) groups excluding carboxylic acids is 1. The first-order chi connectivity index (χ1) is 10.1. The van der Waals surface area contributed by atoms with Crippen LogP contribution in [0, 0.1) is 5.82 Å². The zero-order chi connectivity index (χ0) is 15.2. The van der Waals surface area contributed by atoms with Gasteiger partial charge in [0.15, 0.2) is 5.78 Å². The van der Waals surface area contributed by atoms with E-state index in [1.807, 2.05) is 6.07 Å². The summed E-state index contributed by atoms with van der Waals surface area (Å²) < 4.78 is 12.8. The second kappa shape index (κ2) is 7.83. The summed E-state index contributed by atoms with van der Waals surface area (Å²) in [5.74, 6) is 0.456. The Kier molecular flexibility index (Phi) is 6.09. The van der Waals surface area contributed by atoms with Gasteiger partial charge in [-0.05, 0) is 54.6 Å². The van der Waals surface area contributed by atoms with E-state index in [9.17, 15) is 9.18 Å². The van der Waals surface area contributed by atoms with E-state index in [0.29, 0.717) is 22.0 Å². The lowest BCUT2D eigenvalue weighted by molar-refractivity contribution is 0.0982. The van der Waals surface area contributed by atoms with Crippen LogP contribution in [0.15, 0.2) is 47.4 Å². The van der Waals surface area contributed by atoms with Crippen LogP contribution in [0.2, 0.25) is 10.0 Å². The van der Waals surface area contributed by atoms with E-state index in [0.717, 1.165) is 17.1 Å². The largest absolute Gasteiger partial charge is 0.294 e. The van der Waals surface area contributed by atoms with Crippen molar-refractivity contribution in [2.75, 3.05) is 5.75 Å². The predicted molar refractivity (Wildman–Crippen MR) is 87.2 cm³/mol. The molecule has 5 heteroatoms. The van der Waals surface area contributed by atoms with Crippen LogP contribution in [-0.2, 0) is 0 Å². The third-order valence-corrected chi connectivity index (χ3v) is 4.68. The van der Waals surface area contributed by atoms with Crippen LogP contribution in [0.4, 0.5) is 4.39 Å². The monoisotopic (exact) mass is 342 g/mol. The van der Waals surface area contributed by atoms with Gasteiger partial charge in [0.25, 0.3) is 0 Å². The molecule has 2 rings (SSSR count). The maximum absolute atomic E-state index is 12.8. The van der Waals surface area contributed by atoms with Crippen molar-refractivity contribution in [3.05, 3.63) is 63.9 Å². The van der Waals surface area contributed by atoms with Crippen LogP contribution in [-0.4, -0.2) is 11.5 Å². The Labute approximate surface area is 137 Å². The fourth-order valence-electron chi connectivity index (χ4n) is 1.78. The number of hydrogen-bond donors (Lipinski definition) is 0. The highest BCUT2D eigenvalue weighted by molar-refractivity contribution is 7.99. The first kappa shape index (κ1) is 16.3. The Bertz CT molecular complexity index is 629.